The van der Waals surface area contributed by atoms with Gasteiger partial charge in [0.25, 0.3) is 0 Å². The van der Waals surface area contributed by atoms with Gasteiger partial charge in [-0.25, -0.2) is 0 Å². The summed E-state index contributed by atoms with van der Waals surface area (Å²) in [6, 6.07) is 0. The maximum atomic E-state index is 5.53. The summed E-state index contributed by atoms with van der Waals surface area (Å²) in [7, 11) is 0. The monoisotopic (exact) mass is 216 g/mol. The van der Waals surface area contributed by atoms with Crippen LogP contribution < -0.4 is 0 Å². The molecule has 2 aliphatic carbocycles. The zero-order valence-corrected chi connectivity index (χ0v) is 8.09. The summed E-state index contributed by atoms with van der Waals surface area (Å²) in [4.78, 5) is 0.861. The first-order valence-electron chi connectivity index (χ1n) is 4.66. The Morgan fingerprint density at radius 3 is 2.00 bits per heavy atom. The molecule has 1 aliphatic heterocycles. The molecule has 2 saturated carbocycles. The minimum Gasteiger partial charge on any atom is -0.370 e. The molecule has 0 aromatic heterocycles. The first-order chi connectivity index (χ1) is 5.36. The fourth-order valence-corrected chi connectivity index (χ4v) is 3.68. The number of rotatable bonds is 0. The molecule has 3 fully saturated rings. The maximum Gasteiger partial charge on any atom is 0.0842 e. The predicted octanol–water partition coefficient (Wildman–Crippen LogP) is 2.34. The summed E-state index contributed by atoms with van der Waals surface area (Å²) in [5.74, 6) is 2.00. The molecule has 0 bridgehead atoms. The van der Waals surface area contributed by atoms with Crippen LogP contribution in [-0.4, -0.2) is 17.0 Å². The molecule has 0 radical (unpaired) electrons. The molecule has 0 amide bonds. The molecule has 4 atom stereocenters. The van der Waals surface area contributed by atoms with Crippen LogP contribution >= 0.6 is 15.9 Å². The summed E-state index contributed by atoms with van der Waals surface area (Å²) < 4.78 is 5.53. The zero-order valence-electron chi connectivity index (χ0n) is 6.50. The number of alkyl halides is 1. The molecule has 3 rings (SSSR count). The van der Waals surface area contributed by atoms with E-state index in [2.05, 4.69) is 15.9 Å². The molecule has 4 unspecified atom stereocenters. The highest BCUT2D eigenvalue weighted by Gasteiger charge is 2.52. The summed E-state index contributed by atoms with van der Waals surface area (Å²) in [6.45, 7) is 0. The van der Waals surface area contributed by atoms with Gasteiger partial charge in [-0.1, -0.05) is 15.9 Å². The maximum absolute atomic E-state index is 5.53. The number of ether oxygens (including phenoxy) is 1. The van der Waals surface area contributed by atoms with Gasteiger partial charge in [-0.05, 0) is 37.5 Å². The van der Waals surface area contributed by atoms with Gasteiger partial charge in [-0.2, -0.15) is 0 Å². The van der Waals surface area contributed by atoms with Crippen molar-refractivity contribution in [1.29, 1.82) is 0 Å². The molecule has 3 aliphatic rings. The lowest BCUT2D eigenvalue weighted by Crippen LogP contribution is -2.00. The summed E-state index contributed by atoms with van der Waals surface area (Å²) in [5, 5.41) is 0. The lowest BCUT2D eigenvalue weighted by Gasteiger charge is -2.00. The van der Waals surface area contributed by atoms with E-state index in [4.69, 9.17) is 4.74 Å². The Morgan fingerprint density at radius 2 is 1.45 bits per heavy atom. The van der Waals surface area contributed by atoms with E-state index in [0.717, 1.165) is 16.7 Å². The topological polar surface area (TPSA) is 12.5 Å². The molecule has 1 nitrogen and oxygen atoms in total. The molecule has 0 N–H and O–H groups in total. The Labute approximate surface area is 75.6 Å². The van der Waals surface area contributed by atoms with Gasteiger partial charge in [0.1, 0.15) is 0 Å². The minimum absolute atomic E-state index is 0.663. The molecule has 62 valence electrons. The number of hydrogen-bond acceptors (Lipinski definition) is 1. The number of hydrogen-bond donors (Lipinski definition) is 0. The van der Waals surface area contributed by atoms with E-state index in [1.165, 1.54) is 25.7 Å². The van der Waals surface area contributed by atoms with Crippen molar-refractivity contribution in [2.24, 2.45) is 11.8 Å². The number of halogens is 1. The van der Waals surface area contributed by atoms with E-state index >= 15 is 0 Å². The first-order valence-corrected chi connectivity index (χ1v) is 5.57. The highest BCUT2D eigenvalue weighted by atomic mass is 79.9. The Kier molecular flexibility index (Phi) is 1.40. The van der Waals surface area contributed by atoms with Gasteiger partial charge in [0, 0.05) is 4.83 Å². The van der Waals surface area contributed by atoms with Crippen LogP contribution in [0.4, 0.5) is 0 Å². The van der Waals surface area contributed by atoms with Gasteiger partial charge in [-0.15, -0.1) is 0 Å². The second-order valence-electron chi connectivity index (χ2n) is 4.14. The molecule has 0 aromatic carbocycles. The van der Waals surface area contributed by atoms with E-state index in [1.54, 1.807) is 0 Å². The molecular weight excluding hydrogens is 204 g/mol. The SMILES string of the molecule is BrC1C2CCC3OC3CCC12. The third-order valence-electron chi connectivity index (χ3n) is 3.48. The largest absolute Gasteiger partial charge is 0.370 e. The zero-order chi connectivity index (χ0) is 7.42. The Hall–Kier alpha value is 0.440. The lowest BCUT2D eigenvalue weighted by atomic mass is 10.0. The predicted molar refractivity (Wildman–Crippen MR) is 46.8 cm³/mol. The van der Waals surface area contributed by atoms with Crippen molar-refractivity contribution in [3.8, 4) is 0 Å². The van der Waals surface area contributed by atoms with Crippen LogP contribution in [0.15, 0.2) is 0 Å². The summed E-state index contributed by atoms with van der Waals surface area (Å²) >= 11 is 3.74. The molecular formula is C9H13BrO. The van der Waals surface area contributed by atoms with Crippen LogP contribution in [0.3, 0.4) is 0 Å². The second kappa shape index (κ2) is 2.23. The van der Waals surface area contributed by atoms with Crippen LogP contribution in [0.5, 0.6) is 0 Å². The van der Waals surface area contributed by atoms with E-state index in [9.17, 15) is 0 Å². The third kappa shape index (κ3) is 1.06. The highest BCUT2D eigenvalue weighted by molar-refractivity contribution is 9.09. The smallest absolute Gasteiger partial charge is 0.0842 e. The van der Waals surface area contributed by atoms with E-state index in [1.807, 2.05) is 0 Å². The minimum atomic E-state index is 0.663. The number of fused-ring (bicyclic) bond motifs is 2. The second-order valence-corrected chi connectivity index (χ2v) is 5.20. The van der Waals surface area contributed by atoms with Crippen molar-refractivity contribution >= 4 is 15.9 Å². The summed E-state index contributed by atoms with van der Waals surface area (Å²) in [5.41, 5.74) is 0. The molecule has 1 heterocycles. The van der Waals surface area contributed by atoms with Crippen molar-refractivity contribution in [2.75, 3.05) is 0 Å². The normalized spacial score (nSPS) is 60.3. The molecule has 0 spiro atoms. The van der Waals surface area contributed by atoms with Crippen LogP contribution in [0.2, 0.25) is 0 Å². The fraction of sp³-hybridized carbons (Fsp3) is 1.00. The van der Waals surface area contributed by atoms with Crippen molar-refractivity contribution in [1.82, 2.24) is 0 Å². The van der Waals surface area contributed by atoms with Gasteiger partial charge in [-0.3, -0.25) is 0 Å². The van der Waals surface area contributed by atoms with Crippen molar-refractivity contribution < 1.29 is 4.74 Å². The third-order valence-corrected chi connectivity index (χ3v) is 4.84. The van der Waals surface area contributed by atoms with Crippen LogP contribution in [0.1, 0.15) is 25.7 Å². The Morgan fingerprint density at radius 1 is 0.909 bits per heavy atom. The first kappa shape index (κ1) is 6.90. The van der Waals surface area contributed by atoms with Crippen LogP contribution in [0, 0.1) is 11.8 Å². The van der Waals surface area contributed by atoms with Gasteiger partial charge >= 0.3 is 0 Å². The van der Waals surface area contributed by atoms with Crippen molar-refractivity contribution in [3.63, 3.8) is 0 Å². The van der Waals surface area contributed by atoms with Crippen molar-refractivity contribution in [3.05, 3.63) is 0 Å². The van der Waals surface area contributed by atoms with Crippen LogP contribution in [0.25, 0.3) is 0 Å². The Balaban J connectivity index is 1.67. The van der Waals surface area contributed by atoms with E-state index < -0.39 is 0 Å². The average Bonchev–Trinajstić information content (AvgIpc) is 2.77. The van der Waals surface area contributed by atoms with Gasteiger partial charge in [0.2, 0.25) is 0 Å². The Bertz CT molecular complexity index is 164. The number of epoxide rings is 1. The molecule has 0 aromatic rings. The molecule has 2 heteroatoms. The fourth-order valence-electron chi connectivity index (χ4n) is 2.55. The van der Waals surface area contributed by atoms with Crippen molar-refractivity contribution in [2.45, 2.75) is 42.7 Å². The standard InChI is InChI=1S/C9H13BrO/c10-9-5-1-3-7-8(11-7)4-2-6(5)9/h5-9H,1-4H2. The van der Waals surface area contributed by atoms with E-state index in [0.29, 0.717) is 12.2 Å². The molecule has 1 saturated heterocycles. The molecule has 11 heavy (non-hydrogen) atoms. The van der Waals surface area contributed by atoms with Gasteiger partial charge < -0.3 is 4.74 Å². The van der Waals surface area contributed by atoms with Crippen LogP contribution in [-0.2, 0) is 4.74 Å². The highest BCUT2D eigenvalue weighted by Crippen LogP contribution is 2.54. The average molecular weight is 217 g/mol. The van der Waals surface area contributed by atoms with Gasteiger partial charge in [0.05, 0.1) is 12.2 Å². The van der Waals surface area contributed by atoms with Gasteiger partial charge in [0.15, 0.2) is 0 Å². The quantitative estimate of drug-likeness (QED) is 0.448. The lowest BCUT2D eigenvalue weighted by molar-refractivity contribution is 0.354. The van der Waals surface area contributed by atoms with E-state index in [-0.39, 0.29) is 0 Å². The summed E-state index contributed by atoms with van der Waals surface area (Å²) in [6.07, 6.45) is 6.79.